The highest BCUT2D eigenvalue weighted by atomic mass is 16.3. The van der Waals surface area contributed by atoms with Gasteiger partial charge in [0.05, 0.1) is 12.1 Å². The number of amides is 1. The predicted molar refractivity (Wildman–Crippen MR) is 56.8 cm³/mol. The molecule has 1 unspecified atom stereocenters. The minimum absolute atomic E-state index is 0.0290. The fourth-order valence-electron chi connectivity index (χ4n) is 0.962. The Hall–Kier alpha value is -0.610. The van der Waals surface area contributed by atoms with E-state index in [0.717, 1.165) is 0 Å². The molecule has 0 aromatic rings. The van der Waals surface area contributed by atoms with Crippen molar-refractivity contribution in [3.63, 3.8) is 0 Å². The highest BCUT2D eigenvalue weighted by molar-refractivity contribution is 5.76. The third-order valence-corrected chi connectivity index (χ3v) is 2.48. The summed E-state index contributed by atoms with van der Waals surface area (Å²) in [6.45, 7) is 5.51. The molecule has 0 saturated heterocycles. The lowest BCUT2D eigenvalue weighted by Gasteiger charge is -2.34. The van der Waals surface area contributed by atoms with Crippen LogP contribution in [-0.2, 0) is 4.79 Å². The Kier molecular flexibility index (Phi) is 5.08. The van der Waals surface area contributed by atoms with Gasteiger partial charge in [-0.2, -0.15) is 0 Å². The largest absolute Gasteiger partial charge is 0.394 e. The molecule has 0 aliphatic carbocycles. The Morgan fingerprint density at radius 3 is 2.43 bits per heavy atom. The van der Waals surface area contributed by atoms with Gasteiger partial charge >= 0.3 is 0 Å². The molecule has 14 heavy (non-hydrogen) atoms. The zero-order valence-corrected chi connectivity index (χ0v) is 9.58. The van der Waals surface area contributed by atoms with Gasteiger partial charge in [-0.3, -0.25) is 4.79 Å². The van der Waals surface area contributed by atoms with Crippen molar-refractivity contribution in [2.45, 2.75) is 45.2 Å². The summed E-state index contributed by atoms with van der Waals surface area (Å²) in [7, 11) is 1.71. The number of likely N-dealkylation sites (N-methyl/N-ethyl adjacent to an activating group) is 1. The normalized spacial score (nSPS) is 13.9. The van der Waals surface area contributed by atoms with Gasteiger partial charge in [0.25, 0.3) is 0 Å². The Morgan fingerprint density at radius 2 is 2.07 bits per heavy atom. The molecule has 3 N–H and O–H groups in total. The molecule has 0 aliphatic heterocycles. The van der Waals surface area contributed by atoms with Gasteiger partial charge in [0.15, 0.2) is 0 Å². The quantitative estimate of drug-likeness (QED) is 0.675. The van der Waals surface area contributed by atoms with Crippen LogP contribution in [0, 0.1) is 0 Å². The molecule has 0 rings (SSSR count). The van der Waals surface area contributed by atoms with Crippen molar-refractivity contribution in [3.8, 4) is 0 Å². The summed E-state index contributed by atoms with van der Waals surface area (Å²) >= 11 is 0. The summed E-state index contributed by atoms with van der Waals surface area (Å²) in [6, 6.07) is 0.0459. The number of rotatable bonds is 5. The molecule has 0 fully saturated rings. The molecule has 84 valence electrons. The Balaban J connectivity index is 4.12. The van der Waals surface area contributed by atoms with Gasteiger partial charge in [0.1, 0.15) is 0 Å². The number of nitrogens with two attached hydrogens (primary N) is 1. The molecule has 0 heterocycles. The summed E-state index contributed by atoms with van der Waals surface area (Å²) < 4.78 is 0. The van der Waals surface area contributed by atoms with Crippen LogP contribution in [0.2, 0.25) is 0 Å². The summed E-state index contributed by atoms with van der Waals surface area (Å²) in [6.07, 6.45) is 1.13. The van der Waals surface area contributed by atoms with Crippen LogP contribution in [0.5, 0.6) is 0 Å². The van der Waals surface area contributed by atoms with Crippen LogP contribution in [0.15, 0.2) is 0 Å². The molecule has 0 aliphatic rings. The summed E-state index contributed by atoms with van der Waals surface area (Å²) in [5, 5.41) is 9.07. The van der Waals surface area contributed by atoms with Crippen LogP contribution in [0.25, 0.3) is 0 Å². The minimum atomic E-state index is -0.491. The summed E-state index contributed by atoms with van der Waals surface area (Å²) in [5.74, 6) is 0.0290. The Morgan fingerprint density at radius 1 is 1.57 bits per heavy atom. The average molecular weight is 202 g/mol. The van der Waals surface area contributed by atoms with E-state index in [1.54, 1.807) is 11.9 Å². The number of nitrogens with zero attached hydrogens (tertiary/aromatic N) is 1. The maximum atomic E-state index is 11.6. The maximum absolute atomic E-state index is 11.6. The van der Waals surface area contributed by atoms with E-state index in [-0.39, 0.29) is 18.6 Å². The van der Waals surface area contributed by atoms with Crippen LogP contribution in [0.4, 0.5) is 0 Å². The molecular formula is C10H22N2O2. The lowest BCUT2D eigenvalue weighted by molar-refractivity contribution is -0.136. The number of hydrogen-bond donors (Lipinski definition) is 2. The zero-order valence-electron chi connectivity index (χ0n) is 9.58. The van der Waals surface area contributed by atoms with Gasteiger partial charge in [-0.15, -0.1) is 0 Å². The monoisotopic (exact) mass is 202 g/mol. The smallest absolute Gasteiger partial charge is 0.222 e. The average Bonchev–Trinajstić information content (AvgIpc) is 2.12. The molecular weight excluding hydrogens is 180 g/mol. The first kappa shape index (κ1) is 13.4. The summed E-state index contributed by atoms with van der Waals surface area (Å²) in [5.41, 5.74) is 5.07. The van der Waals surface area contributed by atoms with E-state index in [9.17, 15) is 4.79 Å². The lowest BCUT2D eigenvalue weighted by Crippen LogP contribution is -2.47. The second kappa shape index (κ2) is 5.32. The molecule has 0 aromatic carbocycles. The van der Waals surface area contributed by atoms with Gasteiger partial charge in [-0.1, -0.05) is 0 Å². The van der Waals surface area contributed by atoms with Crippen molar-refractivity contribution in [3.05, 3.63) is 0 Å². The lowest BCUT2D eigenvalue weighted by atomic mass is 10.0. The second-order valence-electron chi connectivity index (χ2n) is 4.44. The molecule has 0 saturated carbocycles. The van der Waals surface area contributed by atoms with E-state index in [4.69, 9.17) is 10.8 Å². The first-order valence-electron chi connectivity index (χ1n) is 4.94. The van der Waals surface area contributed by atoms with Crippen LogP contribution in [0.3, 0.4) is 0 Å². The molecule has 0 bridgehead atoms. The first-order valence-corrected chi connectivity index (χ1v) is 4.94. The topological polar surface area (TPSA) is 66.6 Å². The molecule has 4 heteroatoms. The number of aliphatic hydroxyl groups excluding tert-OH is 1. The fourth-order valence-corrected chi connectivity index (χ4v) is 0.962. The molecule has 0 spiro atoms. The Labute approximate surface area is 86.1 Å². The third kappa shape index (κ3) is 4.07. The Bertz CT molecular complexity index is 191. The van der Waals surface area contributed by atoms with Gasteiger partial charge in [0, 0.05) is 19.5 Å². The highest BCUT2D eigenvalue weighted by Crippen LogP contribution is 2.13. The van der Waals surface area contributed by atoms with E-state index in [2.05, 4.69) is 0 Å². The minimum Gasteiger partial charge on any atom is -0.394 e. The standard InChI is InChI=1S/C10H22N2O2/c1-8(11)5-6-9(14)12(4)10(2,3)7-13/h8,13H,5-7,11H2,1-4H3. The molecule has 0 radical (unpaired) electrons. The second-order valence-corrected chi connectivity index (χ2v) is 4.44. The van der Waals surface area contributed by atoms with Crippen LogP contribution in [0.1, 0.15) is 33.6 Å². The maximum Gasteiger partial charge on any atom is 0.222 e. The van der Waals surface area contributed by atoms with Crippen molar-refractivity contribution >= 4 is 5.91 Å². The third-order valence-electron chi connectivity index (χ3n) is 2.48. The van der Waals surface area contributed by atoms with Crippen LogP contribution < -0.4 is 5.73 Å². The molecule has 1 atom stereocenters. The molecule has 1 amide bonds. The van der Waals surface area contributed by atoms with Gasteiger partial charge in [0.2, 0.25) is 5.91 Å². The molecule has 4 nitrogen and oxygen atoms in total. The highest BCUT2D eigenvalue weighted by Gasteiger charge is 2.26. The van der Waals surface area contributed by atoms with Crippen LogP contribution >= 0.6 is 0 Å². The van der Waals surface area contributed by atoms with E-state index in [0.29, 0.717) is 12.8 Å². The van der Waals surface area contributed by atoms with Gasteiger partial charge in [-0.25, -0.2) is 0 Å². The van der Waals surface area contributed by atoms with Gasteiger partial charge < -0.3 is 15.7 Å². The van der Waals surface area contributed by atoms with Crippen molar-refractivity contribution < 1.29 is 9.90 Å². The van der Waals surface area contributed by atoms with Gasteiger partial charge in [-0.05, 0) is 27.2 Å². The zero-order chi connectivity index (χ0) is 11.4. The first-order chi connectivity index (χ1) is 6.31. The number of aliphatic hydroxyl groups is 1. The number of hydrogen-bond acceptors (Lipinski definition) is 3. The molecule has 0 aromatic heterocycles. The van der Waals surface area contributed by atoms with E-state index in [1.807, 2.05) is 20.8 Å². The van der Waals surface area contributed by atoms with E-state index in [1.165, 1.54) is 0 Å². The SMILES string of the molecule is CC(N)CCC(=O)N(C)C(C)(C)CO. The summed E-state index contributed by atoms with van der Waals surface area (Å²) in [4.78, 5) is 13.2. The predicted octanol–water partition coefficient (Wildman–Crippen LogP) is 0.343. The van der Waals surface area contributed by atoms with Crippen LogP contribution in [-0.4, -0.2) is 41.1 Å². The van der Waals surface area contributed by atoms with E-state index >= 15 is 0 Å². The fraction of sp³-hybridized carbons (Fsp3) is 0.900. The van der Waals surface area contributed by atoms with E-state index < -0.39 is 5.54 Å². The van der Waals surface area contributed by atoms with Crippen molar-refractivity contribution in [1.29, 1.82) is 0 Å². The van der Waals surface area contributed by atoms with Crippen molar-refractivity contribution in [1.82, 2.24) is 4.90 Å². The number of carbonyl (C=O) groups excluding carboxylic acids is 1. The van der Waals surface area contributed by atoms with Crippen molar-refractivity contribution in [2.24, 2.45) is 5.73 Å². The number of carbonyl (C=O) groups is 1. The van der Waals surface area contributed by atoms with Crippen molar-refractivity contribution in [2.75, 3.05) is 13.7 Å².